The van der Waals surface area contributed by atoms with Crippen molar-refractivity contribution in [3.8, 4) is 5.75 Å². The summed E-state index contributed by atoms with van der Waals surface area (Å²) >= 11 is 3.49. The van der Waals surface area contributed by atoms with E-state index < -0.39 is 0 Å². The molecule has 0 saturated carbocycles. The van der Waals surface area contributed by atoms with Crippen LogP contribution in [0.15, 0.2) is 28.7 Å². The second-order valence-corrected chi connectivity index (χ2v) is 5.35. The van der Waals surface area contributed by atoms with E-state index >= 15 is 0 Å². The van der Waals surface area contributed by atoms with Gasteiger partial charge >= 0.3 is 0 Å². The number of hydrogen-bond acceptors (Lipinski definition) is 2. The van der Waals surface area contributed by atoms with Crippen LogP contribution < -0.4 is 10.1 Å². The molecule has 0 unspecified atom stereocenters. The van der Waals surface area contributed by atoms with Gasteiger partial charge in [0.05, 0.1) is 0 Å². The summed E-state index contributed by atoms with van der Waals surface area (Å²) in [5.41, 5.74) is 1.10. The van der Waals surface area contributed by atoms with Crippen LogP contribution in [0.4, 0.5) is 0 Å². The molecule has 16 heavy (non-hydrogen) atoms. The molecule has 0 aliphatic carbocycles. The third-order valence-electron chi connectivity index (χ3n) is 3.31. The molecule has 1 spiro atoms. The van der Waals surface area contributed by atoms with Crippen molar-refractivity contribution in [3.63, 3.8) is 0 Å². The zero-order valence-electron chi connectivity index (χ0n) is 9.00. The molecular weight excluding hydrogens is 266 g/mol. The highest BCUT2D eigenvalue weighted by atomic mass is 79.9. The number of hydrogen-bond donors (Lipinski definition) is 1. The molecule has 3 rings (SSSR count). The highest BCUT2D eigenvalue weighted by Gasteiger charge is 2.34. The lowest BCUT2D eigenvalue weighted by Gasteiger charge is -2.38. The summed E-state index contributed by atoms with van der Waals surface area (Å²) in [5, 5.41) is 3.37. The molecule has 3 heteroatoms. The second kappa shape index (κ2) is 3.90. The zero-order valence-corrected chi connectivity index (χ0v) is 10.6. The fraction of sp³-hybridized carbons (Fsp3) is 0.385. The molecule has 1 aromatic rings. The molecule has 0 atom stereocenters. The van der Waals surface area contributed by atoms with Crippen LogP contribution in [0.2, 0.25) is 0 Å². The molecule has 1 fully saturated rings. The van der Waals surface area contributed by atoms with E-state index in [1.165, 1.54) is 5.56 Å². The number of rotatable bonds is 0. The van der Waals surface area contributed by atoms with Crippen molar-refractivity contribution in [3.05, 3.63) is 34.3 Å². The molecule has 0 radical (unpaired) electrons. The van der Waals surface area contributed by atoms with Gasteiger partial charge in [-0.2, -0.15) is 0 Å². The predicted octanol–water partition coefficient (Wildman–Crippen LogP) is 2.98. The number of halogens is 1. The Bertz CT molecular complexity index is 436. The quantitative estimate of drug-likeness (QED) is 0.789. The van der Waals surface area contributed by atoms with Gasteiger partial charge in [-0.25, -0.2) is 0 Å². The number of nitrogens with one attached hydrogen (secondary N) is 1. The maximum Gasteiger partial charge on any atom is 0.130 e. The highest BCUT2D eigenvalue weighted by molar-refractivity contribution is 9.10. The fourth-order valence-electron chi connectivity index (χ4n) is 2.35. The minimum Gasteiger partial charge on any atom is -0.482 e. The first-order chi connectivity index (χ1) is 7.77. The summed E-state index contributed by atoms with van der Waals surface area (Å²) in [4.78, 5) is 0. The van der Waals surface area contributed by atoms with Crippen LogP contribution in [0, 0.1) is 0 Å². The van der Waals surface area contributed by atoms with E-state index in [0.29, 0.717) is 0 Å². The van der Waals surface area contributed by atoms with Crippen molar-refractivity contribution < 1.29 is 4.74 Å². The summed E-state index contributed by atoms with van der Waals surface area (Å²) in [7, 11) is 0. The van der Waals surface area contributed by atoms with E-state index in [0.717, 1.165) is 36.2 Å². The topological polar surface area (TPSA) is 21.3 Å². The van der Waals surface area contributed by atoms with E-state index in [4.69, 9.17) is 4.74 Å². The van der Waals surface area contributed by atoms with E-state index in [2.05, 4.69) is 45.5 Å². The molecule has 2 aliphatic rings. The Labute approximate surface area is 104 Å². The van der Waals surface area contributed by atoms with Crippen LogP contribution in [-0.2, 0) is 0 Å². The van der Waals surface area contributed by atoms with Gasteiger partial charge in [0, 0.05) is 22.9 Å². The van der Waals surface area contributed by atoms with Crippen molar-refractivity contribution >= 4 is 22.0 Å². The first-order valence-corrected chi connectivity index (χ1v) is 6.45. The molecule has 1 N–H and O–H groups in total. The second-order valence-electron chi connectivity index (χ2n) is 4.43. The van der Waals surface area contributed by atoms with Crippen molar-refractivity contribution in [2.24, 2.45) is 0 Å². The molecule has 0 amide bonds. The van der Waals surface area contributed by atoms with Crippen LogP contribution in [0.1, 0.15) is 18.4 Å². The van der Waals surface area contributed by atoms with Gasteiger partial charge in [-0.15, -0.1) is 0 Å². The molecule has 2 heterocycles. The Morgan fingerprint density at radius 3 is 2.88 bits per heavy atom. The average molecular weight is 280 g/mol. The largest absolute Gasteiger partial charge is 0.482 e. The minimum absolute atomic E-state index is 0.0704. The van der Waals surface area contributed by atoms with Crippen molar-refractivity contribution in [1.82, 2.24) is 5.32 Å². The molecule has 1 aromatic carbocycles. The molecule has 84 valence electrons. The van der Waals surface area contributed by atoms with Crippen LogP contribution in [0.5, 0.6) is 5.75 Å². The van der Waals surface area contributed by atoms with E-state index in [1.807, 2.05) is 6.07 Å². The highest BCUT2D eigenvalue weighted by Crippen LogP contribution is 2.37. The first kappa shape index (κ1) is 10.4. The van der Waals surface area contributed by atoms with E-state index in [9.17, 15) is 0 Å². The Kier molecular flexibility index (Phi) is 2.52. The van der Waals surface area contributed by atoms with Crippen LogP contribution >= 0.6 is 15.9 Å². The van der Waals surface area contributed by atoms with E-state index in [-0.39, 0.29) is 5.60 Å². The van der Waals surface area contributed by atoms with Gasteiger partial charge in [0.2, 0.25) is 0 Å². The summed E-state index contributed by atoms with van der Waals surface area (Å²) < 4.78 is 7.26. The van der Waals surface area contributed by atoms with Crippen LogP contribution in [-0.4, -0.2) is 18.7 Å². The van der Waals surface area contributed by atoms with Gasteiger partial charge in [-0.1, -0.05) is 28.1 Å². The van der Waals surface area contributed by atoms with Gasteiger partial charge < -0.3 is 10.1 Å². The first-order valence-electron chi connectivity index (χ1n) is 5.66. The molecule has 1 saturated heterocycles. The van der Waals surface area contributed by atoms with Gasteiger partial charge in [-0.05, 0) is 31.3 Å². The van der Waals surface area contributed by atoms with Crippen molar-refractivity contribution in [1.29, 1.82) is 0 Å². The van der Waals surface area contributed by atoms with Gasteiger partial charge in [0.1, 0.15) is 11.4 Å². The SMILES string of the molecule is Brc1ccc2c(c1)OC1(C=C2)CCNCC1. The van der Waals surface area contributed by atoms with Crippen molar-refractivity contribution in [2.45, 2.75) is 18.4 Å². The Balaban J connectivity index is 1.95. The molecule has 0 aromatic heterocycles. The normalized spacial score (nSPS) is 21.6. The molecule has 2 nitrogen and oxygen atoms in total. The average Bonchev–Trinajstić information content (AvgIpc) is 2.29. The van der Waals surface area contributed by atoms with Gasteiger partial charge in [-0.3, -0.25) is 0 Å². The van der Waals surface area contributed by atoms with Crippen molar-refractivity contribution in [2.75, 3.05) is 13.1 Å². The standard InChI is InChI=1S/C13H14BrNO/c14-11-2-1-10-3-4-13(16-12(10)9-11)5-7-15-8-6-13/h1-4,9,15H,5-8H2. The third-order valence-corrected chi connectivity index (χ3v) is 3.80. The summed E-state index contributed by atoms with van der Waals surface area (Å²) in [6, 6.07) is 6.19. The third kappa shape index (κ3) is 1.78. The smallest absolute Gasteiger partial charge is 0.130 e. The lowest BCUT2D eigenvalue weighted by atomic mass is 9.89. The molecule has 2 aliphatic heterocycles. The van der Waals surface area contributed by atoms with Gasteiger partial charge in [0.25, 0.3) is 0 Å². The fourth-order valence-corrected chi connectivity index (χ4v) is 2.69. The Hall–Kier alpha value is -0.800. The van der Waals surface area contributed by atoms with Crippen LogP contribution in [0.3, 0.4) is 0 Å². The maximum atomic E-state index is 6.18. The number of fused-ring (bicyclic) bond motifs is 1. The molecule has 0 bridgehead atoms. The zero-order chi connectivity index (χ0) is 11.0. The minimum atomic E-state index is -0.0704. The summed E-state index contributed by atoms with van der Waals surface area (Å²) in [6.45, 7) is 2.07. The van der Waals surface area contributed by atoms with Crippen LogP contribution in [0.25, 0.3) is 6.08 Å². The maximum absolute atomic E-state index is 6.18. The molecular formula is C13H14BrNO. The summed E-state index contributed by atoms with van der Waals surface area (Å²) in [5.74, 6) is 0.999. The lowest BCUT2D eigenvalue weighted by Crippen LogP contribution is -2.45. The summed E-state index contributed by atoms with van der Waals surface area (Å²) in [6.07, 6.45) is 6.52. The predicted molar refractivity (Wildman–Crippen MR) is 68.6 cm³/mol. The Morgan fingerprint density at radius 1 is 1.25 bits per heavy atom. The van der Waals surface area contributed by atoms with E-state index in [1.54, 1.807) is 0 Å². The van der Waals surface area contributed by atoms with Gasteiger partial charge in [0.15, 0.2) is 0 Å². The lowest BCUT2D eigenvalue weighted by molar-refractivity contribution is 0.0822. The number of benzene rings is 1. The Morgan fingerprint density at radius 2 is 2.06 bits per heavy atom. The monoisotopic (exact) mass is 279 g/mol. The number of piperidine rings is 1. The number of ether oxygens (including phenoxy) is 1.